The molecule has 0 saturated carbocycles. The molecule has 0 fully saturated rings. The average Bonchev–Trinajstić information content (AvgIpc) is 2.31. The third kappa shape index (κ3) is 3.38. The van der Waals surface area contributed by atoms with Gasteiger partial charge in [0.25, 0.3) is 0 Å². The lowest BCUT2D eigenvalue weighted by molar-refractivity contribution is 0.260. The Kier molecular flexibility index (Phi) is 5.06. The van der Waals surface area contributed by atoms with Crippen LogP contribution in [0.3, 0.4) is 0 Å². The highest BCUT2D eigenvalue weighted by Crippen LogP contribution is 2.13. The molecule has 1 heterocycles. The van der Waals surface area contributed by atoms with Gasteiger partial charge in [0.1, 0.15) is 11.5 Å². The van der Waals surface area contributed by atoms with Crippen LogP contribution in [0.25, 0.3) is 0 Å². The van der Waals surface area contributed by atoms with E-state index in [1.54, 1.807) is 0 Å². The molecule has 0 radical (unpaired) electrons. The van der Waals surface area contributed by atoms with Crippen LogP contribution < -0.4 is 5.73 Å². The molecule has 1 aromatic heterocycles. The summed E-state index contributed by atoms with van der Waals surface area (Å²) in [4.78, 5) is 0. The van der Waals surface area contributed by atoms with Gasteiger partial charge in [0.05, 0.1) is 6.61 Å². The van der Waals surface area contributed by atoms with E-state index in [4.69, 9.17) is 15.3 Å². The van der Waals surface area contributed by atoms with Crippen molar-refractivity contribution in [3.63, 3.8) is 0 Å². The largest absolute Gasteiger partial charge is 0.466 e. The Morgan fingerprint density at radius 1 is 1.54 bits per heavy atom. The Balaban J connectivity index is 0.00000144. The lowest BCUT2D eigenvalue weighted by Crippen LogP contribution is -2.26. The smallest absolute Gasteiger partial charge is 0.106 e. The third-order valence-corrected chi connectivity index (χ3v) is 1.91. The molecule has 1 atom stereocenters. The molecular formula is C9H16ClNO2. The highest BCUT2D eigenvalue weighted by atomic mass is 35.5. The summed E-state index contributed by atoms with van der Waals surface area (Å²) in [5.74, 6) is 1.78. The van der Waals surface area contributed by atoms with E-state index in [0.29, 0.717) is 6.42 Å². The third-order valence-electron chi connectivity index (χ3n) is 1.91. The summed E-state index contributed by atoms with van der Waals surface area (Å²) in [6.45, 7) is 3.91. The molecule has 1 unspecified atom stereocenters. The van der Waals surface area contributed by atoms with Crippen LogP contribution in [0.4, 0.5) is 0 Å². The molecule has 0 spiro atoms. The molecule has 0 saturated heterocycles. The summed E-state index contributed by atoms with van der Waals surface area (Å²) in [5.41, 5.74) is 6.69. The van der Waals surface area contributed by atoms with Crippen LogP contribution in [0.15, 0.2) is 10.5 Å². The summed E-state index contributed by atoms with van der Waals surface area (Å²) < 4.78 is 5.40. The van der Waals surface area contributed by atoms with Gasteiger partial charge < -0.3 is 15.3 Å². The number of aryl methyl sites for hydroxylation is 2. The molecule has 0 aliphatic heterocycles. The Bertz CT molecular complexity index is 241. The van der Waals surface area contributed by atoms with Crippen molar-refractivity contribution in [1.82, 2.24) is 0 Å². The van der Waals surface area contributed by atoms with Crippen LogP contribution in [-0.4, -0.2) is 17.8 Å². The number of rotatable bonds is 3. The molecule has 3 nitrogen and oxygen atoms in total. The molecule has 0 bridgehead atoms. The normalized spacial score (nSPS) is 12.3. The molecule has 3 N–H and O–H groups in total. The maximum absolute atomic E-state index is 8.71. The van der Waals surface area contributed by atoms with E-state index in [9.17, 15) is 0 Å². The maximum Gasteiger partial charge on any atom is 0.106 e. The lowest BCUT2D eigenvalue weighted by Gasteiger charge is -2.03. The van der Waals surface area contributed by atoms with Gasteiger partial charge in [-0.1, -0.05) is 0 Å². The summed E-state index contributed by atoms with van der Waals surface area (Å²) in [7, 11) is 0. The van der Waals surface area contributed by atoms with E-state index in [1.165, 1.54) is 0 Å². The van der Waals surface area contributed by atoms with Gasteiger partial charge in [0.15, 0.2) is 0 Å². The minimum absolute atomic E-state index is 0. The monoisotopic (exact) mass is 205 g/mol. The molecule has 0 amide bonds. The van der Waals surface area contributed by atoms with E-state index < -0.39 is 0 Å². The van der Waals surface area contributed by atoms with Gasteiger partial charge in [-0.05, 0) is 25.5 Å². The number of aliphatic hydroxyl groups excluding tert-OH is 1. The molecule has 76 valence electrons. The van der Waals surface area contributed by atoms with Crippen molar-refractivity contribution in [2.24, 2.45) is 5.73 Å². The van der Waals surface area contributed by atoms with Crippen LogP contribution in [0, 0.1) is 13.8 Å². The highest BCUT2D eigenvalue weighted by Gasteiger charge is 2.07. The molecule has 1 rings (SSSR count). The van der Waals surface area contributed by atoms with Gasteiger partial charge >= 0.3 is 0 Å². The molecule has 1 aromatic rings. The number of furan rings is 1. The predicted molar refractivity (Wildman–Crippen MR) is 54.2 cm³/mol. The fourth-order valence-electron chi connectivity index (χ4n) is 1.07. The van der Waals surface area contributed by atoms with E-state index in [0.717, 1.165) is 17.1 Å². The van der Waals surface area contributed by atoms with Crippen molar-refractivity contribution in [1.29, 1.82) is 0 Å². The minimum Gasteiger partial charge on any atom is -0.466 e. The Morgan fingerprint density at radius 2 is 2.15 bits per heavy atom. The van der Waals surface area contributed by atoms with Crippen LogP contribution in [0.5, 0.6) is 0 Å². The number of halogens is 1. The van der Waals surface area contributed by atoms with Crippen molar-refractivity contribution in [3.05, 3.63) is 23.2 Å². The van der Waals surface area contributed by atoms with E-state index in [1.807, 2.05) is 19.9 Å². The zero-order valence-electron chi connectivity index (χ0n) is 7.91. The van der Waals surface area contributed by atoms with Gasteiger partial charge in [-0.15, -0.1) is 12.4 Å². The van der Waals surface area contributed by atoms with Crippen LogP contribution in [0.2, 0.25) is 0 Å². The van der Waals surface area contributed by atoms with Crippen molar-refractivity contribution < 1.29 is 9.52 Å². The fraction of sp³-hybridized carbons (Fsp3) is 0.556. The van der Waals surface area contributed by atoms with Gasteiger partial charge in [0.2, 0.25) is 0 Å². The first-order valence-electron chi connectivity index (χ1n) is 4.06. The minimum atomic E-state index is -0.213. The average molecular weight is 206 g/mol. The second kappa shape index (κ2) is 5.27. The SMILES string of the molecule is Cc1cc(CC(N)CO)oc1C.Cl. The Hall–Kier alpha value is -0.510. The quantitative estimate of drug-likeness (QED) is 0.779. The van der Waals surface area contributed by atoms with Crippen LogP contribution in [-0.2, 0) is 6.42 Å². The Labute approximate surface area is 84.3 Å². The number of nitrogens with two attached hydrogens (primary N) is 1. The van der Waals surface area contributed by atoms with Crippen molar-refractivity contribution in [3.8, 4) is 0 Å². The second-order valence-corrected chi connectivity index (χ2v) is 3.10. The van der Waals surface area contributed by atoms with Crippen molar-refractivity contribution in [2.45, 2.75) is 26.3 Å². The number of hydrogen-bond donors (Lipinski definition) is 2. The topological polar surface area (TPSA) is 59.4 Å². The predicted octanol–water partition coefficient (Wildman–Crippen LogP) is 1.18. The molecule has 4 heteroatoms. The van der Waals surface area contributed by atoms with Crippen molar-refractivity contribution >= 4 is 12.4 Å². The van der Waals surface area contributed by atoms with Crippen molar-refractivity contribution in [2.75, 3.05) is 6.61 Å². The molecule has 13 heavy (non-hydrogen) atoms. The summed E-state index contributed by atoms with van der Waals surface area (Å²) >= 11 is 0. The number of hydrogen-bond acceptors (Lipinski definition) is 3. The number of aliphatic hydroxyl groups is 1. The second-order valence-electron chi connectivity index (χ2n) is 3.10. The zero-order chi connectivity index (χ0) is 9.14. The van der Waals surface area contributed by atoms with Crippen LogP contribution in [0.1, 0.15) is 17.1 Å². The molecule has 0 aromatic carbocycles. The van der Waals surface area contributed by atoms with E-state index in [2.05, 4.69) is 0 Å². The standard InChI is InChI=1S/C9H15NO2.ClH/c1-6-3-9(12-7(6)2)4-8(10)5-11;/h3,8,11H,4-5,10H2,1-2H3;1H. The summed E-state index contributed by atoms with van der Waals surface area (Å²) in [6, 6.07) is 1.75. The molecule has 0 aliphatic rings. The van der Waals surface area contributed by atoms with Gasteiger partial charge in [0, 0.05) is 12.5 Å². The van der Waals surface area contributed by atoms with Gasteiger partial charge in [-0.3, -0.25) is 0 Å². The van der Waals surface area contributed by atoms with Gasteiger partial charge in [-0.2, -0.15) is 0 Å². The maximum atomic E-state index is 8.71. The summed E-state index contributed by atoms with van der Waals surface area (Å²) in [6.07, 6.45) is 0.602. The highest BCUT2D eigenvalue weighted by molar-refractivity contribution is 5.85. The first-order valence-corrected chi connectivity index (χ1v) is 4.06. The van der Waals surface area contributed by atoms with E-state index >= 15 is 0 Å². The molecular weight excluding hydrogens is 190 g/mol. The lowest BCUT2D eigenvalue weighted by atomic mass is 10.2. The summed E-state index contributed by atoms with van der Waals surface area (Å²) in [5, 5.41) is 8.71. The van der Waals surface area contributed by atoms with Crippen LogP contribution >= 0.6 is 12.4 Å². The van der Waals surface area contributed by atoms with E-state index in [-0.39, 0.29) is 25.1 Å². The first kappa shape index (κ1) is 12.5. The first-order chi connectivity index (χ1) is 5.63. The van der Waals surface area contributed by atoms with Gasteiger partial charge in [-0.25, -0.2) is 0 Å². The Morgan fingerprint density at radius 3 is 2.54 bits per heavy atom. The fourth-order valence-corrected chi connectivity index (χ4v) is 1.07. The zero-order valence-corrected chi connectivity index (χ0v) is 8.73. The molecule has 0 aliphatic carbocycles.